The summed E-state index contributed by atoms with van der Waals surface area (Å²) in [6.07, 6.45) is 0. The molecule has 0 aliphatic carbocycles. The second kappa shape index (κ2) is 3.55. The first-order valence-corrected chi connectivity index (χ1v) is 3.64. The first-order chi connectivity index (χ1) is 5.70. The SMILES string of the molecule is COc1c(CNO)c(C)nn1C. The van der Waals surface area contributed by atoms with Gasteiger partial charge in [-0.1, -0.05) is 0 Å². The van der Waals surface area contributed by atoms with Crippen molar-refractivity contribution < 1.29 is 9.94 Å². The molecule has 1 heterocycles. The fraction of sp³-hybridized carbons (Fsp3) is 0.571. The van der Waals surface area contributed by atoms with Gasteiger partial charge in [-0.25, -0.2) is 10.2 Å². The maximum Gasteiger partial charge on any atom is 0.216 e. The van der Waals surface area contributed by atoms with Crippen LogP contribution >= 0.6 is 0 Å². The van der Waals surface area contributed by atoms with E-state index in [0.29, 0.717) is 12.4 Å². The van der Waals surface area contributed by atoms with Crippen molar-refractivity contribution in [1.29, 1.82) is 0 Å². The van der Waals surface area contributed by atoms with E-state index in [4.69, 9.17) is 9.94 Å². The molecule has 0 bridgehead atoms. The lowest BCUT2D eigenvalue weighted by Gasteiger charge is -2.02. The fourth-order valence-corrected chi connectivity index (χ4v) is 1.22. The van der Waals surface area contributed by atoms with Gasteiger partial charge in [-0.3, -0.25) is 0 Å². The Kier molecular flexibility index (Phi) is 2.67. The standard InChI is InChI=1S/C7H13N3O2/c1-5-6(4-8-11)7(12-3)10(2)9-5/h8,11H,4H2,1-3H3. The highest BCUT2D eigenvalue weighted by Crippen LogP contribution is 2.19. The van der Waals surface area contributed by atoms with Gasteiger partial charge in [-0.05, 0) is 6.92 Å². The van der Waals surface area contributed by atoms with Crippen molar-refractivity contribution in [3.63, 3.8) is 0 Å². The zero-order chi connectivity index (χ0) is 9.14. The number of aromatic nitrogens is 2. The molecule has 1 aromatic rings. The molecule has 0 unspecified atom stereocenters. The number of aryl methyl sites for hydroxylation is 2. The molecule has 0 aliphatic rings. The molecule has 0 amide bonds. The molecule has 2 N–H and O–H groups in total. The van der Waals surface area contributed by atoms with E-state index in [0.717, 1.165) is 11.3 Å². The number of hydroxylamine groups is 1. The quantitative estimate of drug-likeness (QED) is 0.638. The Hall–Kier alpha value is -1.07. The van der Waals surface area contributed by atoms with Gasteiger partial charge in [-0.15, -0.1) is 0 Å². The van der Waals surface area contributed by atoms with Crippen LogP contribution in [0, 0.1) is 6.92 Å². The summed E-state index contributed by atoms with van der Waals surface area (Å²) in [6, 6.07) is 0. The number of hydrogen-bond donors (Lipinski definition) is 2. The van der Waals surface area contributed by atoms with Crippen LogP contribution in [0.2, 0.25) is 0 Å². The molecular formula is C7H13N3O2. The van der Waals surface area contributed by atoms with Gasteiger partial charge < -0.3 is 9.94 Å². The zero-order valence-electron chi connectivity index (χ0n) is 7.46. The van der Waals surface area contributed by atoms with Gasteiger partial charge in [0.25, 0.3) is 0 Å². The highest BCUT2D eigenvalue weighted by Gasteiger charge is 2.12. The van der Waals surface area contributed by atoms with E-state index in [2.05, 4.69) is 10.6 Å². The van der Waals surface area contributed by atoms with Gasteiger partial charge >= 0.3 is 0 Å². The maximum absolute atomic E-state index is 8.53. The van der Waals surface area contributed by atoms with Crippen LogP contribution in [0.5, 0.6) is 5.88 Å². The number of rotatable bonds is 3. The van der Waals surface area contributed by atoms with E-state index in [9.17, 15) is 0 Å². The van der Waals surface area contributed by atoms with E-state index < -0.39 is 0 Å². The number of nitrogens with zero attached hydrogens (tertiary/aromatic N) is 2. The van der Waals surface area contributed by atoms with Crippen LogP contribution in [-0.2, 0) is 13.6 Å². The molecule has 0 atom stereocenters. The molecule has 0 aliphatic heterocycles. The van der Waals surface area contributed by atoms with Gasteiger partial charge in [0.05, 0.1) is 24.9 Å². The second-order valence-corrected chi connectivity index (χ2v) is 2.53. The topological polar surface area (TPSA) is 59.3 Å². The van der Waals surface area contributed by atoms with E-state index >= 15 is 0 Å². The highest BCUT2D eigenvalue weighted by atomic mass is 16.5. The van der Waals surface area contributed by atoms with E-state index in [-0.39, 0.29) is 0 Å². The largest absolute Gasteiger partial charge is 0.481 e. The average Bonchev–Trinajstić information content (AvgIpc) is 2.28. The predicted octanol–water partition coefficient (Wildman–Crippen LogP) is 0.216. The minimum Gasteiger partial charge on any atom is -0.481 e. The molecule has 5 nitrogen and oxygen atoms in total. The Labute approximate surface area is 70.9 Å². The molecular weight excluding hydrogens is 158 g/mol. The molecule has 0 saturated heterocycles. The molecule has 0 saturated carbocycles. The molecule has 0 radical (unpaired) electrons. The van der Waals surface area contributed by atoms with Crippen molar-refractivity contribution in [3.05, 3.63) is 11.3 Å². The smallest absolute Gasteiger partial charge is 0.216 e. The molecule has 1 aromatic heterocycles. The summed E-state index contributed by atoms with van der Waals surface area (Å²) in [4.78, 5) is 0. The summed E-state index contributed by atoms with van der Waals surface area (Å²) in [5.74, 6) is 0.675. The predicted molar refractivity (Wildman–Crippen MR) is 43.1 cm³/mol. The Morgan fingerprint density at radius 3 is 2.83 bits per heavy atom. The van der Waals surface area contributed by atoms with E-state index in [1.807, 2.05) is 6.92 Å². The van der Waals surface area contributed by atoms with Crippen LogP contribution in [0.15, 0.2) is 0 Å². The molecule has 12 heavy (non-hydrogen) atoms. The van der Waals surface area contributed by atoms with Crippen molar-refractivity contribution in [1.82, 2.24) is 15.3 Å². The normalized spacial score (nSPS) is 10.3. The van der Waals surface area contributed by atoms with Gasteiger partial charge in [0.2, 0.25) is 5.88 Å². The minimum atomic E-state index is 0.350. The lowest BCUT2D eigenvalue weighted by atomic mass is 10.2. The van der Waals surface area contributed by atoms with Crippen LogP contribution < -0.4 is 10.2 Å². The summed E-state index contributed by atoms with van der Waals surface area (Å²) in [5.41, 5.74) is 3.81. The van der Waals surface area contributed by atoms with Gasteiger partial charge in [0.1, 0.15) is 0 Å². The van der Waals surface area contributed by atoms with Crippen LogP contribution in [0.4, 0.5) is 0 Å². The van der Waals surface area contributed by atoms with E-state index in [1.54, 1.807) is 18.8 Å². The van der Waals surface area contributed by atoms with Crippen LogP contribution in [0.25, 0.3) is 0 Å². The van der Waals surface area contributed by atoms with Crippen molar-refractivity contribution >= 4 is 0 Å². The van der Waals surface area contributed by atoms with Gasteiger partial charge in [0, 0.05) is 7.05 Å². The molecule has 1 rings (SSSR count). The Morgan fingerprint density at radius 2 is 2.33 bits per heavy atom. The highest BCUT2D eigenvalue weighted by molar-refractivity contribution is 5.30. The number of methoxy groups -OCH3 is 1. The second-order valence-electron chi connectivity index (χ2n) is 2.53. The van der Waals surface area contributed by atoms with Crippen molar-refractivity contribution in [2.75, 3.05) is 7.11 Å². The third kappa shape index (κ3) is 1.41. The van der Waals surface area contributed by atoms with Crippen molar-refractivity contribution in [2.24, 2.45) is 7.05 Å². The van der Waals surface area contributed by atoms with Gasteiger partial charge in [-0.2, -0.15) is 5.10 Å². The number of hydrogen-bond acceptors (Lipinski definition) is 4. The summed E-state index contributed by atoms with van der Waals surface area (Å²) >= 11 is 0. The summed E-state index contributed by atoms with van der Waals surface area (Å²) < 4.78 is 6.74. The molecule has 0 aromatic carbocycles. The molecule has 68 valence electrons. The number of nitrogens with one attached hydrogen (secondary N) is 1. The molecule has 0 fully saturated rings. The maximum atomic E-state index is 8.53. The molecule has 0 spiro atoms. The third-order valence-electron chi connectivity index (χ3n) is 1.74. The fourth-order valence-electron chi connectivity index (χ4n) is 1.22. The first-order valence-electron chi connectivity index (χ1n) is 3.64. The molecule has 5 heteroatoms. The van der Waals surface area contributed by atoms with Crippen LogP contribution in [-0.4, -0.2) is 22.1 Å². The van der Waals surface area contributed by atoms with Gasteiger partial charge in [0.15, 0.2) is 0 Å². The number of ether oxygens (including phenoxy) is 1. The van der Waals surface area contributed by atoms with Crippen molar-refractivity contribution in [2.45, 2.75) is 13.5 Å². The average molecular weight is 171 g/mol. The Morgan fingerprint density at radius 1 is 1.67 bits per heavy atom. The zero-order valence-corrected chi connectivity index (χ0v) is 7.46. The monoisotopic (exact) mass is 171 g/mol. The third-order valence-corrected chi connectivity index (χ3v) is 1.74. The Bertz CT molecular complexity index is 270. The summed E-state index contributed by atoms with van der Waals surface area (Å²) in [7, 11) is 3.38. The van der Waals surface area contributed by atoms with Crippen molar-refractivity contribution in [3.8, 4) is 5.88 Å². The Balaban J connectivity index is 3.04. The van der Waals surface area contributed by atoms with E-state index in [1.165, 1.54) is 0 Å². The minimum absolute atomic E-state index is 0.350. The lowest BCUT2D eigenvalue weighted by molar-refractivity contribution is 0.159. The first kappa shape index (κ1) is 9.02. The van der Waals surface area contributed by atoms with Crippen LogP contribution in [0.1, 0.15) is 11.3 Å². The lowest BCUT2D eigenvalue weighted by Crippen LogP contribution is -2.08. The summed E-state index contributed by atoms with van der Waals surface area (Å²) in [6.45, 7) is 2.22. The summed E-state index contributed by atoms with van der Waals surface area (Å²) in [5, 5.41) is 12.7. The van der Waals surface area contributed by atoms with Crippen LogP contribution in [0.3, 0.4) is 0 Å².